The molecule has 2 aromatic heterocycles. The van der Waals surface area contributed by atoms with Crippen molar-refractivity contribution in [2.75, 3.05) is 12.4 Å². The van der Waals surface area contributed by atoms with Crippen LogP contribution in [-0.4, -0.2) is 28.3 Å². The summed E-state index contributed by atoms with van der Waals surface area (Å²) >= 11 is 0. The van der Waals surface area contributed by atoms with E-state index in [2.05, 4.69) is 25.8 Å². The third kappa shape index (κ3) is 3.67. The van der Waals surface area contributed by atoms with Crippen molar-refractivity contribution in [2.45, 2.75) is 6.54 Å². The van der Waals surface area contributed by atoms with Gasteiger partial charge in [0.25, 0.3) is 0 Å². The average molecular weight is 313 g/mol. The molecule has 0 atom stereocenters. The molecular weight excluding hydrogens is 298 g/mol. The molecule has 3 rings (SSSR count). The molecule has 0 bridgehead atoms. The summed E-state index contributed by atoms with van der Waals surface area (Å²) in [6.45, 7) is 0.212. The fourth-order valence-corrected chi connectivity index (χ4v) is 1.93. The van der Waals surface area contributed by atoms with Gasteiger partial charge in [-0.05, 0) is 24.3 Å². The number of ether oxygens (including phenoxy) is 1. The Bertz CT molecular complexity index is 782. The maximum Gasteiger partial charge on any atom is 0.319 e. The van der Waals surface area contributed by atoms with E-state index in [4.69, 9.17) is 9.15 Å². The van der Waals surface area contributed by atoms with Crippen molar-refractivity contribution in [1.29, 1.82) is 0 Å². The summed E-state index contributed by atoms with van der Waals surface area (Å²) in [5, 5.41) is 12.2. The zero-order valence-corrected chi connectivity index (χ0v) is 12.4. The van der Waals surface area contributed by atoms with E-state index in [1.54, 1.807) is 49.8 Å². The largest absolute Gasteiger partial charge is 0.497 e. The van der Waals surface area contributed by atoms with E-state index in [-0.39, 0.29) is 12.6 Å². The molecule has 1 aromatic carbocycles. The standard InChI is InChI=1S/C15H15N5O3/c1-22-11-5-2-4-10(8-11)17-15(21)16-9-13-18-14(20-19-13)12-6-3-7-23-12/h2-8H,9H2,1H3,(H2,16,17,21)(H,18,19,20). The smallest absolute Gasteiger partial charge is 0.319 e. The van der Waals surface area contributed by atoms with Crippen LogP contribution < -0.4 is 15.4 Å². The monoisotopic (exact) mass is 313 g/mol. The van der Waals surface area contributed by atoms with E-state index in [0.717, 1.165) is 0 Å². The highest BCUT2D eigenvalue weighted by molar-refractivity contribution is 5.89. The van der Waals surface area contributed by atoms with Crippen LogP contribution in [0.15, 0.2) is 47.1 Å². The lowest BCUT2D eigenvalue weighted by Gasteiger charge is -2.07. The van der Waals surface area contributed by atoms with Crippen molar-refractivity contribution in [2.24, 2.45) is 0 Å². The number of amides is 2. The van der Waals surface area contributed by atoms with Crippen molar-refractivity contribution in [3.05, 3.63) is 48.5 Å². The Morgan fingerprint density at radius 1 is 1.35 bits per heavy atom. The highest BCUT2D eigenvalue weighted by atomic mass is 16.5. The van der Waals surface area contributed by atoms with E-state index in [1.807, 2.05) is 0 Å². The van der Waals surface area contributed by atoms with Gasteiger partial charge in [-0.2, -0.15) is 0 Å². The molecule has 0 spiro atoms. The van der Waals surface area contributed by atoms with Gasteiger partial charge in [0.2, 0.25) is 5.82 Å². The van der Waals surface area contributed by atoms with Gasteiger partial charge in [-0.15, -0.1) is 5.10 Å². The first-order valence-corrected chi connectivity index (χ1v) is 6.88. The van der Waals surface area contributed by atoms with Gasteiger partial charge >= 0.3 is 6.03 Å². The molecule has 0 aliphatic carbocycles. The SMILES string of the molecule is COc1cccc(NC(=O)NCc2nc(-c3ccco3)n[nH]2)c1. The Labute approximate surface area is 131 Å². The minimum Gasteiger partial charge on any atom is -0.497 e. The molecule has 0 unspecified atom stereocenters. The van der Waals surface area contributed by atoms with Crippen LogP contribution in [0.3, 0.4) is 0 Å². The van der Waals surface area contributed by atoms with Crippen LogP contribution in [-0.2, 0) is 6.54 Å². The molecule has 0 aliphatic rings. The van der Waals surface area contributed by atoms with Gasteiger partial charge in [0, 0.05) is 11.8 Å². The third-order valence-corrected chi connectivity index (χ3v) is 3.02. The Kier molecular flexibility index (Phi) is 4.23. The lowest BCUT2D eigenvalue weighted by molar-refractivity contribution is 0.251. The van der Waals surface area contributed by atoms with Gasteiger partial charge < -0.3 is 19.8 Å². The fraction of sp³-hybridized carbons (Fsp3) is 0.133. The zero-order valence-electron chi connectivity index (χ0n) is 12.4. The zero-order chi connectivity index (χ0) is 16.1. The van der Waals surface area contributed by atoms with E-state index < -0.39 is 0 Å². The molecule has 0 radical (unpaired) electrons. The Hall–Kier alpha value is -3.29. The Morgan fingerprint density at radius 3 is 3.04 bits per heavy atom. The normalized spacial score (nSPS) is 10.3. The second kappa shape index (κ2) is 6.65. The molecule has 0 aliphatic heterocycles. The topological polar surface area (TPSA) is 105 Å². The first-order chi connectivity index (χ1) is 11.2. The molecular formula is C15H15N5O3. The van der Waals surface area contributed by atoms with Crippen molar-refractivity contribution in [3.8, 4) is 17.3 Å². The quantitative estimate of drug-likeness (QED) is 0.671. The first-order valence-electron chi connectivity index (χ1n) is 6.88. The van der Waals surface area contributed by atoms with Gasteiger partial charge in [0.05, 0.1) is 19.9 Å². The molecule has 0 saturated heterocycles. The number of hydrogen-bond acceptors (Lipinski definition) is 5. The number of methoxy groups -OCH3 is 1. The van der Waals surface area contributed by atoms with Gasteiger partial charge in [-0.1, -0.05) is 6.07 Å². The van der Waals surface area contributed by atoms with Gasteiger partial charge in [-0.3, -0.25) is 5.10 Å². The third-order valence-electron chi connectivity index (χ3n) is 3.02. The predicted octanol–water partition coefficient (Wildman–Crippen LogP) is 2.39. The van der Waals surface area contributed by atoms with Crippen LogP contribution >= 0.6 is 0 Å². The van der Waals surface area contributed by atoms with Crippen LogP contribution in [0.2, 0.25) is 0 Å². The van der Waals surface area contributed by atoms with E-state index in [0.29, 0.717) is 28.8 Å². The molecule has 0 saturated carbocycles. The summed E-state index contributed by atoms with van der Waals surface area (Å²) < 4.78 is 10.3. The molecule has 8 nitrogen and oxygen atoms in total. The number of aromatic amines is 1. The van der Waals surface area contributed by atoms with Gasteiger partial charge in [0.1, 0.15) is 11.6 Å². The van der Waals surface area contributed by atoms with Crippen molar-refractivity contribution >= 4 is 11.7 Å². The molecule has 3 aromatic rings. The minimum atomic E-state index is -0.353. The molecule has 2 amide bonds. The number of furan rings is 1. The number of anilines is 1. The fourth-order valence-electron chi connectivity index (χ4n) is 1.93. The summed E-state index contributed by atoms with van der Waals surface area (Å²) in [5.41, 5.74) is 0.635. The first kappa shape index (κ1) is 14.6. The summed E-state index contributed by atoms with van der Waals surface area (Å²) in [4.78, 5) is 16.1. The number of carbonyl (C=O) groups excluding carboxylic acids is 1. The lowest BCUT2D eigenvalue weighted by Crippen LogP contribution is -2.28. The number of urea groups is 1. The molecule has 2 heterocycles. The lowest BCUT2D eigenvalue weighted by atomic mass is 10.3. The molecule has 118 valence electrons. The highest BCUT2D eigenvalue weighted by Gasteiger charge is 2.09. The minimum absolute atomic E-state index is 0.212. The van der Waals surface area contributed by atoms with Crippen LogP contribution in [0.1, 0.15) is 5.82 Å². The average Bonchev–Trinajstić information content (AvgIpc) is 3.24. The highest BCUT2D eigenvalue weighted by Crippen LogP contribution is 2.16. The number of aromatic nitrogens is 3. The van der Waals surface area contributed by atoms with Crippen LogP contribution in [0.5, 0.6) is 5.75 Å². The molecule has 8 heteroatoms. The molecule has 23 heavy (non-hydrogen) atoms. The van der Waals surface area contributed by atoms with Crippen LogP contribution in [0.25, 0.3) is 11.6 Å². The maximum atomic E-state index is 11.9. The summed E-state index contributed by atoms with van der Waals surface area (Å²) in [5.74, 6) is 2.20. The number of H-pyrrole nitrogens is 1. The number of carbonyl (C=O) groups is 1. The number of hydrogen-bond donors (Lipinski definition) is 3. The number of nitrogens with one attached hydrogen (secondary N) is 3. The summed E-state index contributed by atoms with van der Waals surface area (Å²) in [6.07, 6.45) is 1.55. The predicted molar refractivity (Wildman–Crippen MR) is 82.9 cm³/mol. The Morgan fingerprint density at radius 2 is 2.26 bits per heavy atom. The maximum absolute atomic E-state index is 11.9. The van der Waals surface area contributed by atoms with Crippen molar-refractivity contribution in [1.82, 2.24) is 20.5 Å². The van der Waals surface area contributed by atoms with Gasteiger partial charge in [0.15, 0.2) is 5.76 Å². The van der Waals surface area contributed by atoms with Crippen molar-refractivity contribution in [3.63, 3.8) is 0 Å². The summed E-state index contributed by atoms with van der Waals surface area (Å²) in [7, 11) is 1.57. The molecule has 3 N–H and O–H groups in total. The van der Waals surface area contributed by atoms with Crippen LogP contribution in [0.4, 0.5) is 10.5 Å². The second-order valence-corrected chi connectivity index (χ2v) is 4.62. The summed E-state index contributed by atoms with van der Waals surface area (Å²) in [6, 6.07) is 10.2. The number of benzene rings is 1. The number of nitrogens with zero attached hydrogens (tertiary/aromatic N) is 2. The second-order valence-electron chi connectivity index (χ2n) is 4.62. The molecule has 0 fully saturated rings. The van der Waals surface area contributed by atoms with Gasteiger partial charge in [-0.25, -0.2) is 9.78 Å². The Balaban J connectivity index is 1.54. The van der Waals surface area contributed by atoms with Crippen molar-refractivity contribution < 1.29 is 13.9 Å². The van der Waals surface area contributed by atoms with Crippen LogP contribution in [0, 0.1) is 0 Å². The van der Waals surface area contributed by atoms with E-state index in [1.165, 1.54) is 0 Å². The van der Waals surface area contributed by atoms with E-state index in [9.17, 15) is 4.79 Å². The number of rotatable bonds is 5. The van der Waals surface area contributed by atoms with E-state index >= 15 is 0 Å².